The molecule has 0 aliphatic heterocycles. The van der Waals surface area contributed by atoms with Crippen LogP contribution in [0.4, 0.5) is 0 Å². The Morgan fingerprint density at radius 3 is 2.15 bits per heavy atom. The highest BCUT2D eigenvalue weighted by atomic mass is 16.3. The van der Waals surface area contributed by atoms with Crippen LogP contribution in [0, 0.1) is 0 Å². The molecule has 0 bridgehead atoms. The van der Waals surface area contributed by atoms with Crippen LogP contribution in [0.3, 0.4) is 0 Å². The number of aliphatic hydroxyl groups is 1. The van der Waals surface area contributed by atoms with Gasteiger partial charge in [0.25, 0.3) is 0 Å². The zero-order chi connectivity index (χ0) is 14.2. The van der Waals surface area contributed by atoms with E-state index in [9.17, 15) is 5.11 Å². The number of hydrogen-bond donors (Lipinski definition) is 2. The van der Waals surface area contributed by atoms with Crippen molar-refractivity contribution in [2.45, 2.75) is 31.9 Å². The summed E-state index contributed by atoms with van der Waals surface area (Å²) in [5, 5.41) is 13.9. The molecule has 0 amide bonds. The van der Waals surface area contributed by atoms with Gasteiger partial charge in [0.1, 0.15) is 0 Å². The monoisotopic (exact) mass is 269 g/mol. The van der Waals surface area contributed by atoms with Crippen LogP contribution in [-0.4, -0.2) is 17.7 Å². The summed E-state index contributed by atoms with van der Waals surface area (Å²) in [6.07, 6.45) is 1.45. The van der Waals surface area contributed by atoms with Crippen molar-refractivity contribution in [2.75, 3.05) is 6.54 Å². The van der Waals surface area contributed by atoms with E-state index in [0.717, 1.165) is 24.9 Å². The normalized spacial score (nSPS) is 13.9. The van der Waals surface area contributed by atoms with Crippen molar-refractivity contribution in [3.05, 3.63) is 71.8 Å². The van der Waals surface area contributed by atoms with E-state index in [0.29, 0.717) is 0 Å². The van der Waals surface area contributed by atoms with Gasteiger partial charge in [0, 0.05) is 6.04 Å². The topological polar surface area (TPSA) is 32.3 Å². The Morgan fingerprint density at radius 2 is 1.55 bits per heavy atom. The molecule has 0 saturated heterocycles. The van der Waals surface area contributed by atoms with E-state index in [1.807, 2.05) is 36.4 Å². The fraction of sp³-hybridized carbons (Fsp3) is 0.333. The molecule has 0 aromatic heterocycles. The van der Waals surface area contributed by atoms with Gasteiger partial charge in [-0.1, -0.05) is 67.6 Å². The molecule has 2 N–H and O–H groups in total. The molecule has 0 spiro atoms. The first-order valence-electron chi connectivity index (χ1n) is 7.31. The van der Waals surface area contributed by atoms with E-state index < -0.39 is 6.10 Å². The molecule has 0 aliphatic rings. The Labute approximate surface area is 121 Å². The molecule has 0 unspecified atom stereocenters. The second-order valence-corrected chi connectivity index (χ2v) is 5.06. The maximum atomic E-state index is 10.4. The molecule has 0 aliphatic carbocycles. The van der Waals surface area contributed by atoms with Gasteiger partial charge in [-0.2, -0.15) is 0 Å². The number of hydrogen-bond acceptors (Lipinski definition) is 2. The van der Waals surface area contributed by atoms with E-state index in [4.69, 9.17) is 0 Å². The molecular formula is C18H23NO. The van der Waals surface area contributed by atoms with Gasteiger partial charge in [-0.15, -0.1) is 0 Å². The molecule has 2 rings (SSSR count). The van der Waals surface area contributed by atoms with Gasteiger partial charge in [-0.25, -0.2) is 0 Å². The number of nitrogens with one attached hydrogen (secondary N) is 1. The fourth-order valence-corrected chi connectivity index (χ4v) is 2.41. The van der Waals surface area contributed by atoms with Gasteiger partial charge in [0.15, 0.2) is 0 Å². The summed E-state index contributed by atoms with van der Waals surface area (Å²) in [5.74, 6) is 0. The number of benzene rings is 2. The lowest BCUT2D eigenvalue weighted by molar-refractivity contribution is 0.126. The largest absolute Gasteiger partial charge is 0.387 e. The number of aliphatic hydroxyl groups excluding tert-OH is 1. The first kappa shape index (κ1) is 14.8. The maximum Gasteiger partial charge on any atom is 0.0942 e. The van der Waals surface area contributed by atoms with Crippen molar-refractivity contribution in [3.63, 3.8) is 0 Å². The summed E-state index contributed by atoms with van der Waals surface area (Å²) >= 11 is 0. The van der Waals surface area contributed by atoms with E-state index in [1.54, 1.807) is 0 Å². The summed E-state index contributed by atoms with van der Waals surface area (Å²) in [7, 11) is 0. The van der Waals surface area contributed by atoms with Crippen LogP contribution in [0.1, 0.15) is 30.6 Å². The lowest BCUT2D eigenvalue weighted by Crippen LogP contribution is -2.35. The van der Waals surface area contributed by atoms with Crippen molar-refractivity contribution in [1.82, 2.24) is 5.32 Å². The van der Waals surface area contributed by atoms with Crippen LogP contribution in [-0.2, 0) is 6.42 Å². The van der Waals surface area contributed by atoms with E-state index >= 15 is 0 Å². The minimum atomic E-state index is -0.447. The van der Waals surface area contributed by atoms with Crippen LogP contribution in [0.25, 0.3) is 0 Å². The van der Waals surface area contributed by atoms with E-state index in [2.05, 4.69) is 36.5 Å². The van der Waals surface area contributed by atoms with Gasteiger partial charge in [-0.05, 0) is 30.5 Å². The SMILES string of the molecule is CC[C@H](NCCc1ccccc1)[C@H](O)c1ccccc1. The van der Waals surface area contributed by atoms with E-state index in [1.165, 1.54) is 5.56 Å². The van der Waals surface area contributed by atoms with Crippen LogP contribution < -0.4 is 5.32 Å². The van der Waals surface area contributed by atoms with Crippen LogP contribution in [0.15, 0.2) is 60.7 Å². The summed E-state index contributed by atoms with van der Waals surface area (Å²) in [5.41, 5.74) is 2.30. The molecule has 0 radical (unpaired) electrons. The minimum absolute atomic E-state index is 0.0983. The Bertz CT molecular complexity index is 483. The molecular weight excluding hydrogens is 246 g/mol. The quantitative estimate of drug-likeness (QED) is 0.808. The fourth-order valence-electron chi connectivity index (χ4n) is 2.41. The molecule has 0 heterocycles. The lowest BCUT2D eigenvalue weighted by atomic mass is 10.00. The number of rotatable bonds is 7. The maximum absolute atomic E-state index is 10.4. The van der Waals surface area contributed by atoms with Gasteiger partial charge in [-0.3, -0.25) is 0 Å². The standard InChI is InChI=1S/C18H23NO/c1-2-17(18(20)16-11-7-4-8-12-16)19-14-13-15-9-5-3-6-10-15/h3-12,17-20H,2,13-14H2,1H3/t17-,18+/m0/s1. The van der Waals surface area contributed by atoms with Crippen LogP contribution >= 0.6 is 0 Å². The molecule has 2 atom stereocenters. The average molecular weight is 269 g/mol. The van der Waals surface area contributed by atoms with Gasteiger partial charge < -0.3 is 10.4 Å². The highest BCUT2D eigenvalue weighted by molar-refractivity contribution is 5.19. The van der Waals surface area contributed by atoms with Crippen molar-refractivity contribution in [3.8, 4) is 0 Å². The lowest BCUT2D eigenvalue weighted by Gasteiger charge is -2.23. The third-order valence-electron chi connectivity index (χ3n) is 3.63. The minimum Gasteiger partial charge on any atom is -0.387 e. The van der Waals surface area contributed by atoms with Crippen molar-refractivity contribution in [2.24, 2.45) is 0 Å². The van der Waals surface area contributed by atoms with Crippen molar-refractivity contribution in [1.29, 1.82) is 0 Å². The molecule has 20 heavy (non-hydrogen) atoms. The third kappa shape index (κ3) is 4.19. The summed E-state index contributed by atoms with van der Waals surface area (Å²) in [6, 6.07) is 20.4. The average Bonchev–Trinajstić information content (AvgIpc) is 2.53. The smallest absolute Gasteiger partial charge is 0.0942 e. The molecule has 2 aromatic rings. The Kier molecular flexibility index (Phi) is 5.78. The molecule has 2 nitrogen and oxygen atoms in total. The second kappa shape index (κ2) is 7.83. The summed E-state index contributed by atoms with van der Waals surface area (Å²) < 4.78 is 0. The molecule has 0 saturated carbocycles. The first-order valence-corrected chi connectivity index (χ1v) is 7.31. The predicted molar refractivity (Wildman–Crippen MR) is 83.6 cm³/mol. The first-order chi connectivity index (χ1) is 9.81. The predicted octanol–water partition coefficient (Wildman–Crippen LogP) is 3.33. The van der Waals surface area contributed by atoms with Gasteiger partial charge in [0.2, 0.25) is 0 Å². The Balaban J connectivity index is 1.86. The van der Waals surface area contributed by atoms with Crippen LogP contribution in [0.5, 0.6) is 0 Å². The van der Waals surface area contributed by atoms with Crippen molar-refractivity contribution < 1.29 is 5.11 Å². The zero-order valence-corrected chi connectivity index (χ0v) is 12.0. The van der Waals surface area contributed by atoms with Crippen LogP contribution in [0.2, 0.25) is 0 Å². The highest BCUT2D eigenvalue weighted by Crippen LogP contribution is 2.18. The molecule has 0 fully saturated rings. The third-order valence-corrected chi connectivity index (χ3v) is 3.63. The van der Waals surface area contributed by atoms with Crippen molar-refractivity contribution >= 4 is 0 Å². The zero-order valence-electron chi connectivity index (χ0n) is 12.0. The second-order valence-electron chi connectivity index (χ2n) is 5.06. The molecule has 106 valence electrons. The summed E-state index contributed by atoms with van der Waals surface area (Å²) in [4.78, 5) is 0. The summed E-state index contributed by atoms with van der Waals surface area (Å²) in [6.45, 7) is 2.98. The molecule has 2 heteroatoms. The molecule has 2 aromatic carbocycles. The Hall–Kier alpha value is -1.64. The van der Waals surface area contributed by atoms with Gasteiger partial charge >= 0.3 is 0 Å². The van der Waals surface area contributed by atoms with E-state index in [-0.39, 0.29) is 6.04 Å². The highest BCUT2D eigenvalue weighted by Gasteiger charge is 2.17. The Morgan fingerprint density at radius 1 is 0.950 bits per heavy atom. The van der Waals surface area contributed by atoms with Gasteiger partial charge in [0.05, 0.1) is 6.10 Å².